The molecule has 0 saturated heterocycles. The third kappa shape index (κ3) is 3.92. The fourth-order valence-electron chi connectivity index (χ4n) is 3.51. The van der Waals surface area contributed by atoms with E-state index >= 15 is 0 Å². The molecule has 2 heterocycles. The molecule has 0 spiro atoms. The van der Waals surface area contributed by atoms with E-state index in [-0.39, 0.29) is 10.6 Å². The summed E-state index contributed by atoms with van der Waals surface area (Å²) in [6, 6.07) is 18.5. The van der Waals surface area contributed by atoms with Crippen LogP contribution in [-0.2, 0) is 11.2 Å². The molecule has 31 heavy (non-hydrogen) atoms. The lowest BCUT2D eigenvalue weighted by Crippen LogP contribution is -2.46. The van der Waals surface area contributed by atoms with E-state index in [1.807, 2.05) is 37.3 Å². The van der Waals surface area contributed by atoms with Gasteiger partial charge in [0.05, 0.1) is 15.1 Å². The van der Waals surface area contributed by atoms with E-state index < -0.39 is 12.1 Å². The molecule has 1 aliphatic heterocycles. The van der Waals surface area contributed by atoms with Gasteiger partial charge in [-0.05, 0) is 48.4 Å². The maximum absolute atomic E-state index is 12.6. The first kappa shape index (κ1) is 21.4. The maximum atomic E-state index is 12.6. The number of benzene rings is 2. The van der Waals surface area contributed by atoms with E-state index in [9.17, 15) is 10.1 Å². The Balaban J connectivity index is 1.82. The first-order valence-electron chi connectivity index (χ1n) is 9.51. The number of thiol groups is 1. The van der Waals surface area contributed by atoms with E-state index in [2.05, 4.69) is 17.9 Å². The molecule has 1 atom stereocenters. The molecule has 8 heteroatoms. The first-order valence-corrected chi connectivity index (χ1v) is 10.7. The van der Waals surface area contributed by atoms with Crippen LogP contribution in [0.1, 0.15) is 24.4 Å². The van der Waals surface area contributed by atoms with Gasteiger partial charge in [0, 0.05) is 11.3 Å². The second-order valence-corrected chi connectivity index (χ2v) is 8.11. The largest absolute Gasteiger partial charge is 0.457 e. The zero-order valence-electron chi connectivity index (χ0n) is 16.4. The summed E-state index contributed by atoms with van der Waals surface area (Å²) < 4.78 is 6.10. The summed E-state index contributed by atoms with van der Waals surface area (Å²) in [6.45, 7) is 2.04. The number of nitrogens with zero attached hydrogens (tertiary/aromatic N) is 2. The van der Waals surface area contributed by atoms with Gasteiger partial charge in [-0.1, -0.05) is 48.3 Å². The molecule has 1 unspecified atom stereocenters. The molecule has 2 aromatic carbocycles. The Bertz CT molecular complexity index is 1250. The number of anilines is 1. The van der Waals surface area contributed by atoms with Crippen LogP contribution in [0.5, 0.6) is 0 Å². The van der Waals surface area contributed by atoms with Crippen LogP contribution in [0.2, 0.25) is 10.0 Å². The van der Waals surface area contributed by atoms with Crippen LogP contribution in [0.4, 0.5) is 5.69 Å². The Hall–Kier alpha value is -2.85. The van der Waals surface area contributed by atoms with Gasteiger partial charge in [-0.3, -0.25) is 4.79 Å². The highest BCUT2D eigenvalue weighted by molar-refractivity contribution is 7.84. The summed E-state index contributed by atoms with van der Waals surface area (Å²) in [5.74, 6) is 0.557. The lowest BCUT2D eigenvalue weighted by atomic mass is 10.1. The normalized spacial score (nSPS) is 16.3. The van der Waals surface area contributed by atoms with Gasteiger partial charge in [-0.25, -0.2) is 0 Å². The Morgan fingerprint density at radius 2 is 1.94 bits per heavy atom. The summed E-state index contributed by atoms with van der Waals surface area (Å²) in [7, 11) is 0. The molecule has 1 aromatic heterocycles. The average molecular weight is 470 g/mol. The fraction of sp³-hybridized carbons (Fsp3) is 0.130. The van der Waals surface area contributed by atoms with Crippen LogP contribution in [0.3, 0.4) is 0 Å². The molecule has 1 amide bonds. The highest BCUT2D eigenvalue weighted by atomic mass is 35.5. The summed E-state index contributed by atoms with van der Waals surface area (Å²) in [4.78, 5) is 14.4. The lowest BCUT2D eigenvalue weighted by molar-refractivity contribution is -0.118. The van der Waals surface area contributed by atoms with Gasteiger partial charge in [0.1, 0.15) is 23.2 Å². The SMILES string of the molecule is CCc1ccccc1N1C(S)=C(C#N)C(=O)NC1c1ccc(-c2ccc(Cl)c(Cl)c2)o1. The van der Waals surface area contributed by atoms with Gasteiger partial charge < -0.3 is 14.6 Å². The Kier molecular flexibility index (Phi) is 6.01. The van der Waals surface area contributed by atoms with Gasteiger partial charge >= 0.3 is 0 Å². The van der Waals surface area contributed by atoms with E-state index in [1.165, 1.54) is 0 Å². The number of carbonyl (C=O) groups excluding carboxylic acids is 1. The minimum Gasteiger partial charge on any atom is -0.457 e. The molecule has 0 aliphatic carbocycles. The summed E-state index contributed by atoms with van der Waals surface area (Å²) in [6.07, 6.45) is 0.0875. The molecule has 4 rings (SSSR count). The van der Waals surface area contributed by atoms with Gasteiger partial charge in [-0.15, -0.1) is 12.6 Å². The maximum Gasteiger partial charge on any atom is 0.266 e. The van der Waals surface area contributed by atoms with Crippen LogP contribution >= 0.6 is 35.8 Å². The van der Waals surface area contributed by atoms with Crippen LogP contribution in [0.25, 0.3) is 11.3 Å². The topological polar surface area (TPSA) is 69.3 Å². The van der Waals surface area contributed by atoms with Gasteiger partial charge in [0.25, 0.3) is 5.91 Å². The predicted molar refractivity (Wildman–Crippen MR) is 125 cm³/mol. The third-order valence-corrected chi connectivity index (χ3v) is 6.23. The van der Waals surface area contributed by atoms with E-state index in [0.717, 1.165) is 23.2 Å². The molecule has 0 saturated carbocycles. The molecular formula is C23H17Cl2N3O2S. The van der Waals surface area contributed by atoms with Crippen molar-refractivity contribution in [2.75, 3.05) is 4.90 Å². The van der Waals surface area contributed by atoms with Crippen molar-refractivity contribution < 1.29 is 9.21 Å². The van der Waals surface area contributed by atoms with Crippen LogP contribution in [-0.4, -0.2) is 5.91 Å². The third-order valence-electron chi connectivity index (χ3n) is 5.05. The molecular weight excluding hydrogens is 453 g/mol. The van der Waals surface area contributed by atoms with E-state index in [4.69, 9.17) is 27.6 Å². The molecule has 0 fully saturated rings. The number of amides is 1. The number of halogens is 2. The quantitative estimate of drug-likeness (QED) is 0.451. The minimum absolute atomic E-state index is 0.0539. The number of nitriles is 1. The lowest BCUT2D eigenvalue weighted by Gasteiger charge is -2.37. The smallest absolute Gasteiger partial charge is 0.266 e. The number of furan rings is 1. The summed E-state index contributed by atoms with van der Waals surface area (Å²) in [5, 5.41) is 13.5. The molecule has 1 aliphatic rings. The van der Waals surface area contributed by atoms with Crippen molar-refractivity contribution in [1.29, 1.82) is 5.26 Å². The van der Waals surface area contributed by atoms with Crippen LogP contribution < -0.4 is 10.2 Å². The van der Waals surface area contributed by atoms with Crippen molar-refractivity contribution in [3.63, 3.8) is 0 Å². The molecule has 0 bridgehead atoms. The van der Waals surface area contributed by atoms with Crippen molar-refractivity contribution >= 4 is 47.4 Å². The zero-order valence-corrected chi connectivity index (χ0v) is 18.8. The second-order valence-electron chi connectivity index (χ2n) is 6.87. The zero-order chi connectivity index (χ0) is 22.1. The monoisotopic (exact) mass is 469 g/mol. The Morgan fingerprint density at radius 1 is 1.16 bits per heavy atom. The molecule has 3 aromatic rings. The van der Waals surface area contributed by atoms with Crippen LogP contribution in [0, 0.1) is 11.3 Å². The minimum atomic E-state index is -0.679. The van der Waals surface area contributed by atoms with Gasteiger partial charge in [-0.2, -0.15) is 5.26 Å². The number of rotatable bonds is 4. The van der Waals surface area contributed by atoms with E-state index in [1.54, 1.807) is 35.2 Å². The van der Waals surface area contributed by atoms with Crippen molar-refractivity contribution in [3.05, 3.63) is 86.6 Å². The van der Waals surface area contributed by atoms with Gasteiger partial charge in [0.2, 0.25) is 0 Å². The number of aryl methyl sites for hydroxylation is 1. The molecule has 156 valence electrons. The van der Waals surface area contributed by atoms with Crippen molar-refractivity contribution in [3.8, 4) is 17.4 Å². The number of nitrogens with one attached hydrogen (secondary N) is 1. The first-order chi connectivity index (χ1) is 14.9. The number of hydrogen-bond donors (Lipinski definition) is 2. The summed E-state index contributed by atoms with van der Waals surface area (Å²) >= 11 is 16.7. The van der Waals surface area contributed by atoms with Crippen LogP contribution in [0.15, 0.2) is 69.6 Å². The van der Waals surface area contributed by atoms with Crippen molar-refractivity contribution in [1.82, 2.24) is 5.32 Å². The fourth-order valence-corrected chi connectivity index (χ4v) is 4.18. The second kappa shape index (κ2) is 8.72. The molecule has 5 nitrogen and oxygen atoms in total. The summed E-state index contributed by atoms with van der Waals surface area (Å²) in [5.41, 5.74) is 2.58. The highest BCUT2D eigenvalue weighted by Crippen LogP contribution is 2.39. The number of para-hydroxylation sites is 1. The average Bonchev–Trinajstić information content (AvgIpc) is 3.26. The highest BCUT2D eigenvalue weighted by Gasteiger charge is 2.36. The number of hydrogen-bond acceptors (Lipinski definition) is 5. The Labute approximate surface area is 195 Å². The molecule has 1 N–H and O–H groups in total. The Morgan fingerprint density at radius 3 is 2.65 bits per heavy atom. The van der Waals surface area contributed by atoms with Crippen molar-refractivity contribution in [2.24, 2.45) is 0 Å². The van der Waals surface area contributed by atoms with Crippen molar-refractivity contribution in [2.45, 2.75) is 19.5 Å². The predicted octanol–water partition coefficient (Wildman–Crippen LogP) is 6.12. The van der Waals surface area contributed by atoms with Gasteiger partial charge in [0.15, 0.2) is 6.17 Å². The molecule has 0 radical (unpaired) electrons. The van der Waals surface area contributed by atoms with E-state index in [0.29, 0.717) is 21.6 Å². The number of carbonyl (C=O) groups is 1. The standard InChI is InChI=1S/C23H17Cl2N3O2S/c1-2-13-5-3-4-6-18(13)28-21(27-22(29)15(12-26)23(28)31)20-10-9-19(30-20)14-7-8-16(24)17(25)11-14/h3-11,21,31H,2H2,1H3,(H,27,29).